The maximum absolute atomic E-state index is 12.3. The van der Waals surface area contributed by atoms with E-state index in [-0.39, 0.29) is 0 Å². The van der Waals surface area contributed by atoms with Crippen LogP contribution in [0.25, 0.3) is 0 Å². The fourth-order valence-corrected chi connectivity index (χ4v) is 1.28. The number of ketones is 1. The molecule has 4 nitrogen and oxygen atoms in total. The molecule has 0 amide bonds. The Labute approximate surface area is 104 Å². The number of hydrogen-bond donors (Lipinski definition) is 1. The molecule has 0 atom stereocenters. The molecule has 0 bridgehead atoms. The van der Waals surface area contributed by atoms with Crippen molar-refractivity contribution >= 4 is 23.4 Å². The van der Waals surface area contributed by atoms with Crippen LogP contribution in [0.2, 0.25) is 5.02 Å². The molecule has 1 aromatic carbocycles. The third-order valence-corrected chi connectivity index (χ3v) is 2.11. The van der Waals surface area contributed by atoms with Gasteiger partial charge >= 0.3 is 12.1 Å². The van der Waals surface area contributed by atoms with Gasteiger partial charge in [-0.1, -0.05) is 11.6 Å². The van der Waals surface area contributed by atoms with Crippen LogP contribution >= 0.6 is 11.6 Å². The third-order valence-electron chi connectivity index (χ3n) is 1.80. The third kappa shape index (κ3) is 3.13. The number of esters is 1. The largest absolute Gasteiger partial charge is 0.506 e. The van der Waals surface area contributed by atoms with E-state index in [2.05, 4.69) is 4.74 Å². The Morgan fingerprint density at radius 1 is 1.33 bits per heavy atom. The first-order valence-electron chi connectivity index (χ1n) is 4.45. The number of phenolic OH excluding ortho intramolecular Hbond substituents is 1. The van der Waals surface area contributed by atoms with Crippen LogP contribution in [-0.4, -0.2) is 23.0 Å². The smallest absolute Gasteiger partial charge is 0.455 e. The molecular weight excluding hydrogens is 277 g/mol. The van der Waals surface area contributed by atoms with Crippen LogP contribution in [0.15, 0.2) is 12.1 Å². The highest BCUT2D eigenvalue weighted by atomic mass is 35.5. The Morgan fingerprint density at radius 3 is 2.33 bits per heavy atom. The lowest BCUT2D eigenvalue weighted by Crippen LogP contribution is -2.23. The van der Waals surface area contributed by atoms with E-state index in [1.165, 1.54) is 0 Å². The second-order valence-corrected chi connectivity index (χ2v) is 3.63. The van der Waals surface area contributed by atoms with Crippen LogP contribution in [0.1, 0.15) is 17.3 Å². The number of carbonyl (C=O) groups excluding carboxylic acids is 2. The monoisotopic (exact) mass is 282 g/mol. The van der Waals surface area contributed by atoms with E-state index < -0.39 is 40.0 Å². The van der Waals surface area contributed by atoms with E-state index in [0.29, 0.717) is 12.1 Å². The van der Waals surface area contributed by atoms with Crippen molar-refractivity contribution in [3.05, 3.63) is 22.7 Å². The van der Waals surface area contributed by atoms with E-state index in [1.807, 2.05) is 0 Å². The summed E-state index contributed by atoms with van der Waals surface area (Å²) < 4.78 is 41.3. The lowest BCUT2D eigenvalue weighted by Gasteiger charge is -2.11. The lowest BCUT2D eigenvalue weighted by molar-refractivity contribution is -0.132. The maximum atomic E-state index is 12.3. The second-order valence-electron chi connectivity index (χ2n) is 3.22. The van der Waals surface area contributed by atoms with E-state index >= 15 is 0 Å². The van der Waals surface area contributed by atoms with Gasteiger partial charge in [-0.15, -0.1) is 0 Å². The molecule has 0 fully saturated rings. The Bertz CT molecular complexity index is 511. The predicted molar refractivity (Wildman–Crippen MR) is 54.8 cm³/mol. The van der Waals surface area contributed by atoms with Crippen molar-refractivity contribution in [3.8, 4) is 11.5 Å². The molecule has 0 spiro atoms. The quantitative estimate of drug-likeness (QED) is 0.515. The average Bonchev–Trinajstić information content (AvgIpc) is 2.20. The number of alkyl halides is 3. The van der Waals surface area contributed by atoms with Gasteiger partial charge in [0, 0.05) is 13.0 Å². The predicted octanol–water partition coefficient (Wildman–Crippen LogP) is 2.72. The number of rotatable bonds is 2. The minimum atomic E-state index is -5.14. The van der Waals surface area contributed by atoms with Crippen molar-refractivity contribution in [2.24, 2.45) is 0 Å². The van der Waals surface area contributed by atoms with Gasteiger partial charge in [-0.2, -0.15) is 13.2 Å². The summed E-state index contributed by atoms with van der Waals surface area (Å²) in [5, 5.41) is 8.75. The molecule has 0 aromatic heterocycles. The normalized spacial score (nSPS) is 11.2. The van der Waals surface area contributed by atoms with Crippen LogP contribution in [0.5, 0.6) is 11.5 Å². The number of Topliss-reactive ketones (excluding diaryl/α,β-unsaturated/α-hetero) is 1. The van der Waals surface area contributed by atoms with Crippen molar-refractivity contribution in [2.75, 3.05) is 0 Å². The Hall–Kier alpha value is -1.76. The molecule has 98 valence electrons. The van der Waals surface area contributed by atoms with Crippen LogP contribution in [0.3, 0.4) is 0 Å². The summed E-state index contributed by atoms with van der Waals surface area (Å²) >= 11 is 5.41. The summed E-state index contributed by atoms with van der Waals surface area (Å²) in [6, 6.07) is 1.26. The van der Waals surface area contributed by atoms with Gasteiger partial charge < -0.3 is 9.84 Å². The number of carbonyl (C=O) groups is 2. The molecule has 0 aliphatic heterocycles. The number of halogens is 4. The molecule has 0 aliphatic rings. The van der Waals surface area contributed by atoms with Gasteiger partial charge in [-0.05, 0) is 6.07 Å². The van der Waals surface area contributed by atoms with Crippen molar-refractivity contribution in [2.45, 2.75) is 13.1 Å². The summed E-state index contributed by atoms with van der Waals surface area (Å²) in [5.41, 5.74) is -0.944. The zero-order valence-electron chi connectivity index (χ0n) is 8.84. The minimum Gasteiger partial charge on any atom is -0.506 e. The Kier molecular flexibility index (Phi) is 3.85. The molecule has 8 heteroatoms. The molecule has 0 saturated heterocycles. The van der Waals surface area contributed by atoms with Crippen LogP contribution in [-0.2, 0) is 4.79 Å². The van der Waals surface area contributed by atoms with Crippen molar-refractivity contribution in [1.82, 2.24) is 0 Å². The topological polar surface area (TPSA) is 63.6 Å². The second kappa shape index (κ2) is 4.85. The van der Waals surface area contributed by atoms with Crippen molar-refractivity contribution < 1.29 is 32.6 Å². The highest BCUT2D eigenvalue weighted by Crippen LogP contribution is 2.35. The molecule has 0 saturated carbocycles. The minimum absolute atomic E-state index is 0.460. The summed E-state index contributed by atoms with van der Waals surface area (Å²) in [7, 11) is 0. The number of aromatic hydroxyl groups is 1. The van der Waals surface area contributed by atoms with E-state index in [9.17, 15) is 27.9 Å². The van der Waals surface area contributed by atoms with Gasteiger partial charge in [0.25, 0.3) is 5.78 Å². The highest BCUT2D eigenvalue weighted by Gasteiger charge is 2.41. The zero-order chi connectivity index (χ0) is 14.1. The van der Waals surface area contributed by atoms with Crippen molar-refractivity contribution in [1.29, 1.82) is 0 Å². The van der Waals surface area contributed by atoms with Gasteiger partial charge in [-0.3, -0.25) is 9.59 Å². The first kappa shape index (κ1) is 14.3. The highest BCUT2D eigenvalue weighted by molar-refractivity contribution is 6.32. The number of hydrogen-bond acceptors (Lipinski definition) is 4. The fourth-order valence-electron chi connectivity index (χ4n) is 1.11. The number of ether oxygens (including phenoxy) is 1. The Morgan fingerprint density at radius 2 is 1.89 bits per heavy atom. The summed E-state index contributed by atoms with van der Waals surface area (Å²) in [5.74, 6) is -4.47. The van der Waals surface area contributed by atoms with Crippen LogP contribution < -0.4 is 4.74 Å². The van der Waals surface area contributed by atoms with E-state index in [0.717, 1.165) is 6.92 Å². The van der Waals surface area contributed by atoms with Crippen molar-refractivity contribution in [3.63, 3.8) is 0 Å². The zero-order valence-corrected chi connectivity index (χ0v) is 9.59. The van der Waals surface area contributed by atoms with Gasteiger partial charge in [0.15, 0.2) is 0 Å². The molecule has 0 heterocycles. The molecule has 1 rings (SSSR count). The van der Waals surface area contributed by atoms with Gasteiger partial charge in [-0.25, -0.2) is 0 Å². The van der Waals surface area contributed by atoms with E-state index in [4.69, 9.17) is 11.6 Å². The number of phenols is 1. The molecular formula is C10H6ClF3O4. The SMILES string of the molecule is CC(=O)Oc1cc(O)c(Cl)cc1C(=O)C(F)(F)F. The van der Waals surface area contributed by atoms with Gasteiger partial charge in [0.05, 0.1) is 10.6 Å². The Balaban J connectivity index is 3.36. The lowest BCUT2D eigenvalue weighted by atomic mass is 10.1. The van der Waals surface area contributed by atoms with Gasteiger partial charge in [0.2, 0.25) is 0 Å². The molecule has 0 aliphatic carbocycles. The fraction of sp³-hybridized carbons (Fsp3) is 0.200. The molecule has 18 heavy (non-hydrogen) atoms. The van der Waals surface area contributed by atoms with Gasteiger partial charge in [0.1, 0.15) is 11.5 Å². The average molecular weight is 283 g/mol. The standard InChI is InChI=1S/C10H6ClF3O4/c1-4(15)18-8-3-7(16)6(11)2-5(8)9(17)10(12,13)14/h2-3,16H,1H3. The molecule has 0 radical (unpaired) electrons. The molecule has 0 unspecified atom stereocenters. The van der Waals surface area contributed by atoms with Crippen LogP contribution in [0, 0.1) is 0 Å². The summed E-state index contributed by atoms with van der Waals surface area (Å²) in [6.45, 7) is 0.938. The summed E-state index contributed by atoms with van der Waals surface area (Å²) in [6.07, 6.45) is -5.14. The summed E-state index contributed by atoms with van der Waals surface area (Å²) in [4.78, 5) is 21.8. The first-order valence-corrected chi connectivity index (χ1v) is 4.83. The number of benzene rings is 1. The molecule has 1 aromatic rings. The first-order chi connectivity index (χ1) is 8.12. The maximum Gasteiger partial charge on any atom is 0.455 e. The van der Waals surface area contributed by atoms with E-state index in [1.54, 1.807) is 0 Å². The molecule has 1 N–H and O–H groups in total. The van der Waals surface area contributed by atoms with Crippen LogP contribution in [0.4, 0.5) is 13.2 Å².